The Morgan fingerprint density at radius 2 is 2.42 bits per heavy atom. The third-order valence-electron chi connectivity index (χ3n) is 2.46. The number of hydrazine groups is 2. The summed E-state index contributed by atoms with van der Waals surface area (Å²) in [4.78, 5) is 4.91. The first-order valence-electron chi connectivity index (χ1n) is 4.51. The van der Waals surface area contributed by atoms with Crippen LogP contribution in [0.2, 0.25) is 0 Å². The molecule has 0 radical (unpaired) electrons. The van der Waals surface area contributed by atoms with Crippen LogP contribution in [0.5, 0.6) is 0 Å². The van der Waals surface area contributed by atoms with Gasteiger partial charge in [0, 0.05) is 12.6 Å². The lowest BCUT2D eigenvalue weighted by molar-refractivity contribution is -0.132. The highest BCUT2D eigenvalue weighted by atomic mass is 16.7. The van der Waals surface area contributed by atoms with E-state index in [1.165, 1.54) is 19.3 Å². The molecule has 12 heavy (non-hydrogen) atoms. The van der Waals surface area contributed by atoms with Crippen molar-refractivity contribution < 1.29 is 4.84 Å². The van der Waals surface area contributed by atoms with E-state index in [9.17, 15) is 0 Å². The summed E-state index contributed by atoms with van der Waals surface area (Å²) < 4.78 is 0. The van der Waals surface area contributed by atoms with Crippen molar-refractivity contribution in [1.29, 1.82) is 0 Å². The molecule has 0 spiro atoms. The highest BCUT2D eigenvalue weighted by Crippen LogP contribution is 2.18. The van der Waals surface area contributed by atoms with E-state index in [2.05, 4.69) is 17.5 Å². The summed E-state index contributed by atoms with van der Waals surface area (Å²) in [6.07, 6.45) is 7.45. The Kier molecular flexibility index (Phi) is 2.19. The Labute approximate surface area is 72.7 Å². The van der Waals surface area contributed by atoms with Gasteiger partial charge >= 0.3 is 0 Å². The number of nitrogens with one attached hydrogen (secondary N) is 1. The molecule has 68 valence electrons. The van der Waals surface area contributed by atoms with Crippen LogP contribution in [-0.2, 0) is 4.84 Å². The number of nitrogens with zero attached hydrogens (tertiary/aromatic N) is 2. The minimum Gasteiger partial charge on any atom is -0.394 e. The van der Waals surface area contributed by atoms with Gasteiger partial charge < -0.3 is 4.84 Å². The van der Waals surface area contributed by atoms with E-state index in [1.807, 2.05) is 11.3 Å². The van der Waals surface area contributed by atoms with E-state index in [4.69, 9.17) is 4.84 Å². The molecule has 2 aliphatic heterocycles. The average molecular weight is 169 g/mol. The lowest BCUT2D eigenvalue weighted by atomic mass is 10.1. The van der Waals surface area contributed by atoms with Gasteiger partial charge in [-0.1, -0.05) is 12.0 Å². The predicted molar refractivity (Wildman–Crippen MR) is 45.2 cm³/mol. The van der Waals surface area contributed by atoms with Gasteiger partial charge in [-0.15, -0.1) is 0 Å². The Balaban J connectivity index is 1.95. The van der Waals surface area contributed by atoms with Gasteiger partial charge in [-0.25, -0.2) is 10.1 Å². The molecule has 0 aliphatic carbocycles. The molecule has 4 nitrogen and oxygen atoms in total. The van der Waals surface area contributed by atoms with E-state index in [0.717, 1.165) is 6.54 Å². The summed E-state index contributed by atoms with van der Waals surface area (Å²) >= 11 is 0. The molecule has 2 aliphatic rings. The molecule has 2 heterocycles. The fourth-order valence-corrected chi connectivity index (χ4v) is 1.74. The zero-order chi connectivity index (χ0) is 8.39. The van der Waals surface area contributed by atoms with Crippen molar-refractivity contribution in [3.05, 3.63) is 12.5 Å². The van der Waals surface area contributed by atoms with Crippen LogP contribution >= 0.6 is 0 Å². The standard InChI is InChI=1S/C8H15N3O/c1-8-4-2-3-5-10(8)11-6-7-12-9-11/h6-9H,2-5H2,1H3. The summed E-state index contributed by atoms with van der Waals surface area (Å²) in [6.45, 7) is 3.36. The average Bonchev–Trinajstić information content (AvgIpc) is 2.57. The molecule has 0 saturated carbocycles. The number of rotatable bonds is 1. The molecule has 1 fully saturated rings. The predicted octanol–water partition coefficient (Wildman–Crippen LogP) is 0.999. The molecule has 0 aromatic carbocycles. The van der Waals surface area contributed by atoms with Crippen molar-refractivity contribution in [1.82, 2.24) is 15.7 Å². The molecule has 2 rings (SSSR count). The molecule has 1 unspecified atom stereocenters. The first kappa shape index (κ1) is 7.89. The van der Waals surface area contributed by atoms with Crippen LogP contribution in [0, 0.1) is 0 Å². The Morgan fingerprint density at radius 1 is 1.50 bits per heavy atom. The smallest absolute Gasteiger partial charge is 0.132 e. The van der Waals surface area contributed by atoms with E-state index in [1.54, 1.807) is 6.26 Å². The molecule has 0 aromatic rings. The van der Waals surface area contributed by atoms with Crippen molar-refractivity contribution in [2.75, 3.05) is 6.54 Å². The first-order valence-corrected chi connectivity index (χ1v) is 4.51. The molecule has 1 atom stereocenters. The summed E-state index contributed by atoms with van der Waals surface area (Å²) in [5.74, 6) is 0. The van der Waals surface area contributed by atoms with Crippen LogP contribution in [0.1, 0.15) is 26.2 Å². The fraction of sp³-hybridized carbons (Fsp3) is 0.750. The van der Waals surface area contributed by atoms with Crippen LogP contribution in [0.25, 0.3) is 0 Å². The third-order valence-corrected chi connectivity index (χ3v) is 2.46. The van der Waals surface area contributed by atoms with Crippen LogP contribution in [0.4, 0.5) is 0 Å². The molecule has 0 bridgehead atoms. The normalized spacial score (nSPS) is 30.8. The van der Waals surface area contributed by atoms with E-state index in [0.29, 0.717) is 6.04 Å². The topological polar surface area (TPSA) is 27.7 Å². The van der Waals surface area contributed by atoms with Gasteiger partial charge in [0.1, 0.15) is 6.26 Å². The molecule has 4 heteroatoms. The minimum absolute atomic E-state index is 0.609. The van der Waals surface area contributed by atoms with E-state index in [-0.39, 0.29) is 0 Å². The van der Waals surface area contributed by atoms with Gasteiger partial charge in [-0.2, -0.15) is 0 Å². The SMILES string of the molecule is CC1CCCCN1N1C=CON1. The Bertz CT molecular complexity index is 183. The fourth-order valence-electron chi connectivity index (χ4n) is 1.74. The zero-order valence-corrected chi connectivity index (χ0v) is 7.36. The summed E-state index contributed by atoms with van der Waals surface area (Å²) in [7, 11) is 0. The van der Waals surface area contributed by atoms with E-state index < -0.39 is 0 Å². The highest BCUT2D eigenvalue weighted by Gasteiger charge is 2.23. The van der Waals surface area contributed by atoms with Gasteiger partial charge in [0.05, 0.1) is 6.20 Å². The lowest BCUT2D eigenvalue weighted by Crippen LogP contribution is -2.51. The second-order valence-corrected chi connectivity index (χ2v) is 3.35. The van der Waals surface area contributed by atoms with Crippen LogP contribution in [0.3, 0.4) is 0 Å². The van der Waals surface area contributed by atoms with Crippen LogP contribution < -0.4 is 5.59 Å². The van der Waals surface area contributed by atoms with Crippen LogP contribution in [0.15, 0.2) is 12.5 Å². The summed E-state index contributed by atoms with van der Waals surface area (Å²) in [5.41, 5.74) is 2.80. The molecular formula is C8H15N3O. The van der Waals surface area contributed by atoms with Crippen molar-refractivity contribution in [3.8, 4) is 0 Å². The maximum Gasteiger partial charge on any atom is 0.132 e. The second-order valence-electron chi connectivity index (χ2n) is 3.35. The molecule has 1 N–H and O–H groups in total. The monoisotopic (exact) mass is 169 g/mol. The van der Waals surface area contributed by atoms with Gasteiger partial charge in [-0.05, 0) is 19.8 Å². The molecule has 0 amide bonds. The van der Waals surface area contributed by atoms with Crippen LogP contribution in [-0.4, -0.2) is 22.7 Å². The number of hydrogen-bond acceptors (Lipinski definition) is 4. The lowest BCUT2D eigenvalue weighted by Gasteiger charge is -2.37. The first-order chi connectivity index (χ1) is 5.88. The Morgan fingerprint density at radius 3 is 3.08 bits per heavy atom. The second kappa shape index (κ2) is 3.33. The van der Waals surface area contributed by atoms with Gasteiger partial charge in [0.15, 0.2) is 0 Å². The third kappa shape index (κ3) is 1.40. The van der Waals surface area contributed by atoms with Crippen molar-refractivity contribution in [3.63, 3.8) is 0 Å². The maximum atomic E-state index is 4.91. The van der Waals surface area contributed by atoms with Crippen molar-refractivity contribution >= 4 is 0 Å². The van der Waals surface area contributed by atoms with Crippen molar-refractivity contribution in [2.45, 2.75) is 32.2 Å². The maximum absolute atomic E-state index is 4.91. The zero-order valence-electron chi connectivity index (χ0n) is 7.36. The highest BCUT2D eigenvalue weighted by molar-refractivity contribution is 4.79. The van der Waals surface area contributed by atoms with Gasteiger partial charge in [0.2, 0.25) is 0 Å². The van der Waals surface area contributed by atoms with Gasteiger partial charge in [0.25, 0.3) is 0 Å². The summed E-state index contributed by atoms with van der Waals surface area (Å²) in [6, 6.07) is 0.609. The number of piperidine rings is 1. The molecule has 0 aromatic heterocycles. The molecular weight excluding hydrogens is 154 g/mol. The largest absolute Gasteiger partial charge is 0.394 e. The minimum atomic E-state index is 0.609. The summed E-state index contributed by atoms with van der Waals surface area (Å²) in [5, 5.41) is 4.21. The van der Waals surface area contributed by atoms with Crippen molar-refractivity contribution in [2.24, 2.45) is 0 Å². The van der Waals surface area contributed by atoms with Gasteiger partial charge in [-0.3, -0.25) is 0 Å². The number of hydrogen-bond donors (Lipinski definition) is 1. The quantitative estimate of drug-likeness (QED) is 0.633. The van der Waals surface area contributed by atoms with E-state index >= 15 is 0 Å². The molecule has 1 saturated heterocycles. The Hall–Kier alpha value is -0.740.